The molecule has 2 aromatic carbocycles. The highest BCUT2D eigenvalue weighted by molar-refractivity contribution is 7.13. The number of thiazole rings is 1. The Morgan fingerprint density at radius 3 is 2.47 bits per heavy atom. The van der Waals surface area contributed by atoms with E-state index < -0.39 is 18.5 Å². The number of aryl methyl sites for hydroxylation is 2. The molecule has 0 unspecified atom stereocenters. The van der Waals surface area contributed by atoms with Crippen molar-refractivity contribution < 1.29 is 23.8 Å². The average Bonchev–Trinajstić information content (AvgIpc) is 3.24. The maximum atomic E-state index is 12.3. The largest absolute Gasteiger partial charge is 0.493 e. The Kier molecular flexibility index (Phi) is 6.68. The van der Waals surface area contributed by atoms with Crippen molar-refractivity contribution in [2.75, 3.05) is 26.1 Å². The van der Waals surface area contributed by atoms with E-state index in [0.717, 1.165) is 16.7 Å². The maximum absolute atomic E-state index is 12.3. The quantitative estimate of drug-likeness (QED) is 0.569. The molecular weight excluding hydrogens is 404 g/mol. The van der Waals surface area contributed by atoms with E-state index in [1.165, 1.54) is 11.3 Å². The highest BCUT2D eigenvalue weighted by Crippen LogP contribution is 2.33. The molecule has 0 saturated heterocycles. The van der Waals surface area contributed by atoms with Crippen molar-refractivity contribution in [1.82, 2.24) is 4.98 Å². The Balaban J connectivity index is 1.61. The molecule has 0 bridgehead atoms. The highest BCUT2D eigenvalue weighted by Gasteiger charge is 2.16. The summed E-state index contributed by atoms with van der Waals surface area (Å²) >= 11 is 1.29. The smallest absolute Gasteiger partial charge is 0.358 e. The van der Waals surface area contributed by atoms with E-state index in [0.29, 0.717) is 22.2 Å². The van der Waals surface area contributed by atoms with Crippen LogP contribution in [-0.2, 0) is 9.53 Å². The third kappa shape index (κ3) is 4.96. The number of rotatable bonds is 7. The first-order chi connectivity index (χ1) is 14.4. The number of ether oxygens (including phenoxy) is 3. The SMILES string of the molecule is COc1ccc(-c2nc(C(=O)OCC(=O)Nc3ccc(C)c(C)c3)cs2)cc1OC. The van der Waals surface area contributed by atoms with Gasteiger partial charge in [0.05, 0.1) is 14.2 Å². The summed E-state index contributed by atoms with van der Waals surface area (Å²) in [6.45, 7) is 3.56. The summed E-state index contributed by atoms with van der Waals surface area (Å²) in [5.41, 5.74) is 3.78. The monoisotopic (exact) mass is 426 g/mol. The van der Waals surface area contributed by atoms with Gasteiger partial charge in [-0.3, -0.25) is 4.79 Å². The van der Waals surface area contributed by atoms with Crippen LogP contribution in [0.4, 0.5) is 5.69 Å². The summed E-state index contributed by atoms with van der Waals surface area (Å²) in [6.07, 6.45) is 0. The van der Waals surface area contributed by atoms with E-state index in [1.807, 2.05) is 32.0 Å². The number of anilines is 1. The second kappa shape index (κ2) is 9.41. The molecule has 3 rings (SSSR count). The molecule has 156 valence electrons. The van der Waals surface area contributed by atoms with E-state index in [4.69, 9.17) is 14.2 Å². The number of methoxy groups -OCH3 is 2. The molecule has 8 heteroatoms. The van der Waals surface area contributed by atoms with Crippen molar-refractivity contribution in [3.8, 4) is 22.1 Å². The van der Waals surface area contributed by atoms with Gasteiger partial charge in [-0.2, -0.15) is 0 Å². The Labute approximate surface area is 178 Å². The highest BCUT2D eigenvalue weighted by atomic mass is 32.1. The lowest BCUT2D eigenvalue weighted by Gasteiger charge is -2.08. The summed E-state index contributed by atoms with van der Waals surface area (Å²) in [4.78, 5) is 28.6. The van der Waals surface area contributed by atoms with Gasteiger partial charge in [0.15, 0.2) is 23.8 Å². The molecule has 0 spiro atoms. The minimum atomic E-state index is -0.659. The van der Waals surface area contributed by atoms with Crippen molar-refractivity contribution in [1.29, 1.82) is 0 Å². The zero-order valence-electron chi connectivity index (χ0n) is 17.1. The zero-order valence-corrected chi connectivity index (χ0v) is 18.0. The fraction of sp³-hybridized carbons (Fsp3) is 0.227. The first-order valence-corrected chi connectivity index (χ1v) is 10.0. The molecular formula is C22H22N2O5S. The number of nitrogens with zero attached hydrogens (tertiary/aromatic N) is 1. The van der Waals surface area contributed by atoms with Gasteiger partial charge in [0.1, 0.15) is 5.01 Å². The van der Waals surface area contributed by atoms with Crippen molar-refractivity contribution in [2.24, 2.45) is 0 Å². The minimum absolute atomic E-state index is 0.142. The molecule has 0 fully saturated rings. The number of amides is 1. The summed E-state index contributed by atoms with van der Waals surface area (Å²) in [6, 6.07) is 11.0. The summed E-state index contributed by atoms with van der Waals surface area (Å²) in [5.74, 6) is 0.0970. The maximum Gasteiger partial charge on any atom is 0.358 e. The molecule has 3 aromatic rings. The number of benzene rings is 2. The average molecular weight is 426 g/mol. The molecule has 0 atom stereocenters. The number of nitrogens with one attached hydrogen (secondary N) is 1. The van der Waals surface area contributed by atoms with E-state index in [1.54, 1.807) is 37.8 Å². The van der Waals surface area contributed by atoms with E-state index in [-0.39, 0.29) is 5.69 Å². The Hall–Kier alpha value is -3.39. The van der Waals surface area contributed by atoms with Gasteiger partial charge in [0.2, 0.25) is 0 Å². The molecule has 1 aromatic heterocycles. The number of aromatic nitrogens is 1. The van der Waals surface area contributed by atoms with Gasteiger partial charge in [-0.05, 0) is 55.3 Å². The van der Waals surface area contributed by atoms with Crippen molar-refractivity contribution >= 4 is 28.9 Å². The van der Waals surface area contributed by atoms with Gasteiger partial charge in [0, 0.05) is 16.6 Å². The second-order valence-corrected chi connectivity index (χ2v) is 7.39. The van der Waals surface area contributed by atoms with Crippen molar-refractivity contribution in [3.05, 3.63) is 58.6 Å². The van der Waals surface area contributed by atoms with Crippen LogP contribution in [0.25, 0.3) is 10.6 Å². The van der Waals surface area contributed by atoms with Crippen molar-refractivity contribution in [2.45, 2.75) is 13.8 Å². The fourth-order valence-corrected chi connectivity index (χ4v) is 3.48. The van der Waals surface area contributed by atoms with Gasteiger partial charge in [-0.1, -0.05) is 6.07 Å². The van der Waals surface area contributed by atoms with Crippen LogP contribution >= 0.6 is 11.3 Å². The lowest BCUT2D eigenvalue weighted by molar-refractivity contribution is -0.119. The topological polar surface area (TPSA) is 86.8 Å². The van der Waals surface area contributed by atoms with Crippen LogP contribution < -0.4 is 14.8 Å². The van der Waals surface area contributed by atoms with Crippen molar-refractivity contribution in [3.63, 3.8) is 0 Å². The van der Waals surface area contributed by atoms with Crippen LogP contribution in [0.3, 0.4) is 0 Å². The molecule has 0 aliphatic carbocycles. The molecule has 0 radical (unpaired) electrons. The molecule has 0 saturated carbocycles. The first-order valence-electron chi connectivity index (χ1n) is 9.13. The predicted molar refractivity (Wildman–Crippen MR) is 115 cm³/mol. The lowest BCUT2D eigenvalue weighted by Crippen LogP contribution is -2.21. The van der Waals surface area contributed by atoms with Crippen LogP contribution in [0, 0.1) is 13.8 Å². The summed E-state index contributed by atoms with van der Waals surface area (Å²) < 4.78 is 15.6. The van der Waals surface area contributed by atoms with Gasteiger partial charge < -0.3 is 19.5 Å². The zero-order chi connectivity index (χ0) is 21.7. The summed E-state index contributed by atoms with van der Waals surface area (Å²) in [7, 11) is 3.11. The van der Waals surface area contributed by atoms with E-state index in [2.05, 4.69) is 10.3 Å². The van der Waals surface area contributed by atoms with Crippen LogP contribution in [0.2, 0.25) is 0 Å². The first kappa shape index (κ1) is 21.3. The van der Waals surface area contributed by atoms with E-state index >= 15 is 0 Å². The predicted octanol–water partition coefficient (Wildman–Crippen LogP) is 4.24. The van der Waals surface area contributed by atoms with Crippen LogP contribution in [-0.4, -0.2) is 37.7 Å². The minimum Gasteiger partial charge on any atom is -0.493 e. The number of carbonyl (C=O) groups excluding carboxylic acids is 2. The third-order valence-electron chi connectivity index (χ3n) is 4.47. The standard InChI is InChI=1S/C22H22N2O5S/c1-13-5-7-16(9-14(13)2)23-20(25)11-29-22(26)17-12-30-21(24-17)15-6-8-18(27-3)19(10-15)28-4/h5-10,12H,11H2,1-4H3,(H,23,25). The normalized spacial score (nSPS) is 10.4. The van der Waals surface area contributed by atoms with E-state index in [9.17, 15) is 9.59 Å². The number of hydrogen-bond acceptors (Lipinski definition) is 7. The van der Waals surface area contributed by atoms with Gasteiger partial charge in [0.25, 0.3) is 5.91 Å². The molecule has 7 nitrogen and oxygen atoms in total. The molecule has 30 heavy (non-hydrogen) atoms. The number of esters is 1. The van der Waals surface area contributed by atoms with Gasteiger partial charge in [-0.15, -0.1) is 11.3 Å². The van der Waals surface area contributed by atoms with Gasteiger partial charge in [-0.25, -0.2) is 9.78 Å². The Bertz CT molecular complexity index is 1080. The fourth-order valence-electron chi connectivity index (χ4n) is 2.69. The Morgan fingerprint density at radius 1 is 1.00 bits per heavy atom. The number of carbonyl (C=O) groups is 2. The molecule has 1 amide bonds. The Morgan fingerprint density at radius 2 is 1.77 bits per heavy atom. The molecule has 0 aliphatic rings. The van der Waals surface area contributed by atoms with Crippen LogP contribution in [0.5, 0.6) is 11.5 Å². The van der Waals surface area contributed by atoms with Crippen LogP contribution in [0.15, 0.2) is 41.8 Å². The molecule has 1 heterocycles. The lowest BCUT2D eigenvalue weighted by atomic mass is 10.1. The third-order valence-corrected chi connectivity index (χ3v) is 5.36. The molecule has 1 N–H and O–H groups in total. The molecule has 0 aliphatic heterocycles. The van der Waals surface area contributed by atoms with Gasteiger partial charge >= 0.3 is 5.97 Å². The second-order valence-electron chi connectivity index (χ2n) is 6.53. The number of hydrogen-bond donors (Lipinski definition) is 1. The summed E-state index contributed by atoms with van der Waals surface area (Å²) in [5, 5.41) is 4.93. The van der Waals surface area contributed by atoms with Crippen LogP contribution in [0.1, 0.15) is 21.6 Å².